The normalized spacial score (nSPS) is 10.9. The Morgan fingerprint density at radius 2 is 1.93 bits per heavy atom. The first-order chi connectivity index (χ1) is 13.0. The molecular weight excluding hydrogens is 366 g/mol. The lowest BCUT2D eigenvalue weighted by atomic mass is 10.1. The molecule has 0 unspecified atom stereocenters. The van der Waals surface area contributed by atoms with Gasteiger partial charge in [0.05, 0.1) is 11.9 Å². The first kappa shape index (κ1) is 17.0. The van der Waals surface area contributed by atoms with Crippen molar-refractivity contribution in [1.82, 2.24) is 19.4 Å². The van der Waals surface area contributed by atoms with Crippen LogP contribution < -0.4 is 11.0 Å². The fourth-order valence-corrected chi connectivity index (χ4v) is 2.85. The number of aryl methyl sites for hydroxylation is 1. The highest BCUT2D eigenvalue weighted by Crippen LogP contribution is 2.17. The van der Waals surface area contributed by atoms with Gasteiger partial charge in [-0.1, -0.05) is 35.4 Å². The van der Waals surface area contributed by atoms with Crippen LogP contribution in [0.5, 0.6) is 0 Å². The molecule has 8 heteroatoms. The number of carbonyl (C=O) groups excluding carboxylic acids is 1. The van der Waals surface area contributed by atoms with Crippen molar-refractivity contribution >= 4 is 28.5 Å². The monoisotopic (exact) mass is 379 g/mol. The average molecular weight is 380 g/mol. The van der Waals surface area contributed by atoms with E-state index in [4.69, 9.17) is 11.6 Å². The molecule has 0 aliphatic rings. The zero-order chi connectivity index (χ0) is 19.0. The molecule has 0 atom stereocenters. The van der Waals surface area contributed by atoms with E-state index < -0.39 is 11.5 Å². The van der Waals surface area contributed by atoms with E-state index in [-0.39, 0.29) is 5.39 Å². The summed E-state index contributed by atoms with van der Waals surface area (Å²) in [5.41, 5.74) is 4.67. The molecule has 0 saturated heterocycles. The molecule has 1 amide bonds. The van der Waals surface area contributed by atoms with Crippen LogP contribution in [0.25, 0.3) is 16.7 Å². The standard InChI is InChI=1S/C19H14ClN5O2/c1-12-5-7-13(8-6-12)18(26)23-24-11-21-17-16(19(24)27)10-22-25(17)15-4-2-3-14(20)9-15/h2-11H,1H3,(H,23,26). The summed E-state index contributed by atoms with van der Waals surface area (Å²) >= 11 is 6.02. The predicted octanol–water partition coefficient (Wildman–Crippen LogP) is 2.93. The fourth-order valence-electron chi connectivity index (χ4n) is 2.67. The van der Waals surface area contributed by atoms with Gasteiger partial charge in [-0.05, 0) is 37.3 Å². The molecule has 4 rings (SSSR count). The zero-order valence-corrected chi connectivity index (χ0v) is 15.0. The van der Waals surface area contributed by atoms with Crippen molar-refractivity contribution in [1.29, 1.82) is 0 Å². The smallest absolute Gasteiger partial charge is 0.267 e. The summed E-state index contributed by atoms with van der Waals surface area (Å²) in [6.07, 6.45) is 2.68. The second-order valence-electron chi connectivity index (χ2n) is 6.00. The summed E-state index contributed by atoms with van der Waals surface area (Å²) < 4.78 is 2.57. The van der Waals surface area contributed by atoms with E-state index >= 15 is 0 Å². The van der Waals surface area contributed by atoms with Crippen molar-refractivity contribution in [2.75, 3.05) is 5.43 Å². The molecule has 0 aliphatic carbocycles. The van der Waals surface area contributed by atoms with Gasteiger partial charge in [-0.2, -0.15) is 5.10 Å². The highest BCUT2D eigenvalue weighted by molar-refractivity contribution is 6.30. The first-order valence-electron chi connectivity index (χ1n) is 8.12. The molecule has 0 saturated carbocycles. The van der Waals surface area contributed by atoms with E-state index in [9.17, 15) is 9.59 Å². The molecule has 4 aromatic rings. The van der Waals surface area contributed by atoms with Crippen LogP contribution in [0, 0.1) is 6.92 Å². The van der Waals surface area contributed by atoms with Crippen molar-refractivity contribution in [2.45, 2.75) is 6.92 Å². The van der Waals surface area contributed by atoms with Gasteiger partial charge in [0, 0.05) is 10.6 Å². The van der Waals surface area contributed by atoms with Crippen LogP contribution in [-0.2, 0) is 0 Å². The molecule has 0 spiro atoms. The number of hydrogen-bond donors (Lipinski definition) is 1. The van der Waals surface area contributed by atoms with Gasteiger partial charge < -0.3 is 0 Å². The summed E-state index contributed by atoms with van der Waals surface area (Å²) in [5, 5.41) is 5.06. The zero-order valence-electron chi connectivity index (χ0n) is 14.3. The number of aromatic nitrogens is 4. The Bertz CT molecular complexity index is 1210. The minimum absolute atomic E-state index is 0.279. The van der Waals surface area contributed by atoms with Crippen LogP contribution in [0.2, 0.25) is 5.02 Å². The number of fused-ring (bicyclic) bond motifs is 1. The van der Waals surface area contributed by atoms with E-state index in [0.29, 0.717) is 21.9 Å². The SMILES string of the molecule is Cc1ccc(C(=O)Nn2cnc3c(cnn3-c3cccc(Cl)c3)c2=O)cc1. The highest BCUT2D eigenvalue weighted by Gasteiger charge is 2.13. The van der Waals surface area contributed by atoms with Crippen LogP contribution in [0.3, 0.4) is 0 Å². The second-order valence-corrected chi connectivity index (χ2v) is 6.44. The highest BCUT2D eigenvalue weighted by atomic mass is 35.5. The lowest BCUT2D eigenvalue weighted by Crippen LogP contribution is -2.33. The van der Waals surface area contributed by atoms with Crippen LogP contribution in [0.4, 0.5) is 0 Å². The molecule has 7 nitrogen and oxygen atoms in total. The average Bonchev–Trinajstić information content (AvgIpc) is 3.09. The number of carbonyl (C=O) groups is 1. The van der Waals surface area contributed by atoms with Crippen LogP contribution in [-0.4, -0.2) is 25.3 Å². The predicted molar refractivity (Wildman–Crippen MR) is 103 cm³/mol. The molecule has 2 aromatic carbocycles. The Hall–Kier alpha value is -3.45. The first-order valence-corrected chi connectivity index (χ1v) is 8.50. The minimum Gasteiger partial charge on any atom is -0.267 e. The van der Waals surface area contributed by atoms with Crippen LogP contribution >= 0.6 is 11.6 Å². The number of hydrogen-bond acceptors (Lipinski definition) is 4. The maximum absolute atomic E-state index is 12.7. The van der Waals surface area contributed by atoms with E-state index in [2.05, 4.69) is 15.5 Å². The third-order valence-electron chi connectivity index (χ3n) is 4.08. The van der Waals surface area contributed by atoms with Gasteiger partial charge in [0.25, 0.3) is 11.5 Å². The van der Waals surface area contributed by atoms with Crippen LogP contribution in [0.15, 0.2) is 65.8 Å². The Balaban J connectivity index is 1.70. The molecule has 0 bridgehead atoms. The van der Waals surface area contributed by atoms with Gasteiger partial charge in [0.2, 0.25) is 0 Å². The lowest BCUT2D eigenvalue weighted by molar-refractivity contribution is 0.101. The number of benzene rings is 2. The molecule has 0 aliphatic heterocycles. The minimum atomic E-state index is -0.422. The summed E-state index contributed by atoms with van der Waals surface area (Å²) in [5.74, 6) is -0.402. The van der Waals surface area contributed by atoms with E-state index in [1.807, 2.05) is 25.1 Å². The summed E-state index contributed by atoms with van der Waals surface area (Å²) in [6, 6.07) is 14.1. The van der Waals surface area contributed by atoms with Crippen molar-refractivity contribution in [3.05, 3.63) is 87.6 Å². The Morgan fingerprint density at radius 1 is 1.15 bits per heavy atom. The Kier molecular flexibility index (Phi) is 4.21. The molecule has 0 radical (unpaired) electrons. The van der Waals surface area contributed by atoms with Crippen LogP contribution in [0.1, 0.15) is 15.9 Å². The third-order valence-corrected chi connectivity index (χ3v) is 4.31. The van der Waals surface area contributed by atoms with Crippen molar-refractivity contribution < 1.29 is 4.79 Å². The number of nitrogens with zero attached hydrogens (tertiary/aromatic N) is 4. The van der Waals surface area contributed by atoms with Gasteiger partial charge >= 0.3 is 0 Å². The molecule has 1 N–H and O–H groups in total. The van der Waals surface area contributed by atoms with E-state index in [1.54, 1.807) is 30.3 Å². The van der Waals surface area contributed by atoms with Crippen molar-refractivity contribution in [3.8, 4) is 5.69 Å². The Labute approximate surface area is 158 Å². The topological polar surface area (TPSA) is 81.8 Å². The summed E-state index contributed by atoms with van der Waals surface area (Å²) in [7, 11) is 0. The summed E-state index contributed by atoms with van der Waals surface area (Å²) in [4.78, 5) is 29.3. The third kappa shape index (κ3) is 3.20. The number of halogens is 1. The maximum Gasteiger partial charge on any atom is 0.283 e. The van der Waals surface area contributed by atoms with Gasteiger partial charge in [-0.25, -0.2) is 14.3 Å². The van der Waals surface area contributed by atoms with E-state index in [1.165, 1.54) is 17.2 Å². The van der Waals surface area contributed by atoms with Crippen molar-refractivity contribution in [2.24, 2.45) is 0 Å². The van der Waals surface area contributed by atoms with Crippen molar-refractivity contribution in [3.63, 3.8) is 0 Å². The molecular formula is C19H14ClN5O2. The largest absolute Gasteiger partial charge is 0.283 e. The molecule has 134 valence electrons. The van der Waals surface area contributed by atoms with Gasteiger partial charge in [0.15, 0.2) is 5.65 Å². The van der Waals surface area contributed by atoms with E-state index in [0.717, 1.165) is 10.2 Å². The number of nitrogens with one attached hydrogen (secondary N) is 1. The summed E-state index contributed by atoms with van der Waals surface area (Å²) in [6.45, 7) is 1.93. The maximum atomic E-state index is 12.7. The molecule has 27 heavy (non-hydrogen) atoms. The van der Waals surface area contributed by atoms with Gasteiger partial charge in [-0.3, -0.25) is 15.0 Å². The quantitative estimate of drug-likeness (QED) is 0.593. The molecule has 0 fully saturated rings. The Morgan fingerprint density at radius 3 is 2.67 bits per heavy atom. The molecule has 2 heterocycles. The number of rotatable bonds is 3. The number of amides is 1. The molecule has 2 aromatic heterocycles. The lowest BCUT2D eigenvalue weighted by Gasteiger charge is -2.08. The fraction of sp³-hybridized carbons (Fsp3) is 0.0526. The van der Waals surface area contributed by atoms with Gasteiger partial charge in [-0.15, -0.1) is 0 Å². The second kappa shape index (κ2) is 6.69. The van der Waals surface area contributed by atoms with Gasteiger partial charge in [0.1, 0.15) is 11.7 Å².